The monoisotopic (exact) mass is 604 g/mol. The second-order valence-electron chi connectivity index (χ2n) is 9.46. The van der Waals surface area contributed by atoms with E-state index in [-0.39, 0.29) is 75.1 Å². The maximum atomic E-state index is 11.5. The van der Waals surface area contributed by atoms with Crippen LogP contribution in [0.5, 0.6) is 0 Å². The van der Waals surface area contributed by atoms with E-state index in [4.69, 9.17) is 28.4 Å². The summed E-state index contributed by atoms with van der Waals surface area (Å²) in [5.41, 5.74) is 0. The van der Waals surface area contributed by atoms with Crippen LogP contribution in [-0.2, 0) is 57.2 Å². The smallest absolute Gasteiger partial charge is 0.306 e. The van der Waals surface area contributed by atoms with Crippen molar-refractivity contribution in [1.82, 2.24) is 0 Å². The summed E-state index contributed by atoms with van der Waals surface area (Å²) >= 11 is 0. The molecule has 0 rings (SSSR count). The van der Waals surface area contributed by atoms with Gasteiger partial charge in [0.25, 0.3) is 0 Å². The summed E-state index contributed by atoms with van der Waals surface area (Å²) in [6.45, 7) is 10.8. The summed E-state index contributed by atoms with van der Waals surface area (Å²) in [7, 11) is 0. The van der Waals surface area contributed by atoms with E-state index < -0.39 is 12.2 Å². The van der Waals surface area contributed by atoms with Gasteiger partial charge >= 0.3 is 35.8 Å². The molecule has 0 saturated heterocycles. The van der Waals surface area contributed by atoms with Crippen molar-refractivity contribution in [2.24, 2.45) is 0 Å². The van der Waals surface area contributed by atoms with Crippen LogP contribution < -0.4 is 0 Å². The second kappa shape index (κ2) is 28.0. The van der Waals surface area contributed by atoms with E-state index in [1.807, 2.05) is 41.5 Å². The van der Waals surface area contributed by atoms with Crippen LogP contribution in [0.1, 0.15) is 119 Å². The molecule has 0 aromatic heterocycles. The van der Waals surface area contributed by atoms with Gasteiger partial charge in [-0.3, -0.25) is 28.8 Å². The Labute approximate surface area is 250 Å². The number of hydrogen-bond acceptors (Lipinski definition) is 12. The van der Waals surface area contributed by atoms with E-state index in [1.165, 1.54) is 0 Å². The van der Waals surface area contributed by atoms with Gasteiger partial charge in [0.15, 0.2) is 12.2 Å². The van der Waals surface area contributed by atoms with Crippen LogP contribution in [0.4, 0.5) is 0 Å². The van der Waals surface area contributed by atoms with Gasteiger partial charge in [-0.1, -0.05) is 41.5 Å². The van der Waals surface area contributed by atoms with Crippen LogP contribution in [0.3, 0.4) is 0 Å². The normalized spacial score (nSPS) is 10.3. The Balaban J connectivity index is 0. The van der Waals surface area contributed by atoms with E-state index in [2.05, 4.69) is 0 Å². The number of ether oxygens (including phenoxy) is 6. The van der Waals surface area contributed by atoms with Crippen molar-refractivity contribution < 1.29 is 57.2 Å². The molecule has 0 aliphatic heterocycles. The lowest BCUT2D eigenvalue weighted by molar-refractivity contribution is -0.166. The molecule has 0 N–H and O–H groups in total. The molecule has 0 radical (unpaired) electrons. The van der Waals surface area contributed by atoms with Gasteiger partial charge in [-0.2, -0.15) is 0 Å². The van der Waals surface area contributed by atoms with Gasteiger partial charge in [-0.05, 0) is 38.5 Å². The maximum Gasteiger partial charge on any atom is 0.306 e. The lowest BCUT2D eigenvalue weighted by Crippen LogP contribution is -2.30. The lowest BCUT2D eigenvalue weighted by atomic mass is 10.3. The molecule has 0 aromatic carbocycles. The van der Waals surface area contributed by atoms with E-state index in [9.17, 15) is 28.8 Å². The van der Waals surface area contributed by atoms with Gasteiger partial charge in [-0.25, -0.2) is 0 Å². The molecule has 0 aliphatic carbocycles. The van der Waals surface area contributed by atoms with Crippen molar-refractivity contribution in [1.29, 1.82) is 0 Å². The second-order valence-corrected chi connectivity index (χ2v) is 9.46. The predicted molar refractivity (Wildman–Crippen MR) is 153 cm³/mol. The molecule has 12 heteroatoms. The van der Waals surface area contributed by atoms with Crippen LogP contribution in [0.2, 0.25) is 0 Å². The molecule has 0 atom stereocenters. The van der Waals surface area contributed by atoms with E-state index in [0.717, 1.165) is 0 Å². The van der Waals surface area contributed by atoms with Gasteiger partial charge < -0.3 is 28.4 Å². The first kappa shape index (κ1) is 41.0. The number of esters is 6. The fourth-order valence-corrected chi connectivity index (χ4v) is 2.98. The fourth-order valence-electron chi connectivity index (χ4n) is 2.98. The van der Waals surface area contributed by atoms with E-state index in [0.29, 0.717) is 64.2 Å². The molecule has 0 heterocycles. The minimum absolute atomic E-state index is 0.0896. The summed E-state index contributed by atoms with van der Waals surface area (Å²) in [4.78, 5) is 68.3. The summed E-state index contributed by atoms with van der Waals surface area (Å²) in [6.07, 6.45) is 4.38. The highest BCUT2D eigenvalue weighted by molar-refractivity contribution is 5.72. The molecule has 0 amide bonds. The Hall–Kier alpha value is -3.18. The van der Waals surface area contributed by atoms with Gasteiger partial charge in [0.1, 0.15) is 26.4 Å². The molecule has 0 spiro atoms. The summed E-state index contributed by atoms with van der Waals surface area (Å²) in [5.74, 6) is -2.19. The SMILES string of the molecule is CCCC(=O)OCC(COC(=O)CCC)OC(=O)CCC.CCCC(=O)OCC(COC(=O)CCC)OC(=O)CCC. The number of carbonyl (C=O) groups excluding carboxylic acids is 6. The van der Waals surface area contributed by atoms with Crippen molar-refractivity contribution in [3.05, 3.63) is 0 Å². The molecule has 0 bridgehead atoms. The third-order valence-electron chi connectivity index (χ3n) is 5.04. The first-order chi connectivity index (χ1) is 20.1. The highest BCUT2D eigenvalue weighted by atomic mass is 16.6. The molecular formula is C30H52O12. The largest absolute Gasteiger partial charge is 0.462 e. The molecule has 0 aliphatic rings. The Morgan fingerprint density at radius 1 is 0.357 bits per heavy atom. The van der Waals surface area contributed by atoms with Crippen LogP contribution in [-0.4, -0.2) is 74.5 Å². The van der Waals surface area contributed by atoms with Gasteiger partial charge in [-0.15, -0.1) is 0 Å². The Morgan fingerprint density at radius 3 is 0.738 bits per heavy atom. The Morgan fingerprint density at radius 2 is 0.548 bits per heavy atom. The first-order valence-electron chi connectivity index (χ1n) is 15.1. The minimum atomic E-state index is -0.745. The zero-order valence-corrected chi connectivity index (χ0v) is 26.4. The standard InChI is InChI=1S/2C15H26O6/c2*1-4-7-13(16)19-10-12(21-15(18)9-6-3)11-20-14(17)8-5-2/h2*12H,4-11H2,1-3H3. The third kappa shape index (κ3) is 25.8. The maximum absolute atomic E-state index is 11.5. The minimum Gasteiger partial charge on any atom is -0.462 e. The fraction of sp³-hybridized carbons (Fsp3) is 0.800. The molecule has 0 saturated carbocycles. The zero-order valence-electron chi connectivity index (χ0n) is 26.4. The Kier molecular flexibility index (Phi) is 27.3. The van der Waals surface area contributed by atoms with Gasteiger partial charge in [0.05, 0.1) is 0 Å². The van der Waals surface area contributed by atoms with Crippen molar-refractivity contribution >= 4 is 35.8 Å². The summed E-state index contributed by atoms with van der Waals surface area (Å²) in [5, 5.41) is 0. The van der Waals surface area contributed by atoms with Gasteiger partial charge in [0.2, 0.25) is 0 Å². The topological polar surface area (TPSA) is 158 Å². The van der Waals surface area contributed by atoms with Crippen molar-refractivity contribution in [3.8, 4) is 0 Å². The zero-order chi connectivity index (χ0) is 32.2. The Bertz CT molecular complexity index is 672. The number of carbonyl (C=O) groups is 6. The summed E-state index contributed by atoms with van der Waals surface area (Å²) < 4.78 is 30.3. The lowest BCUT2D eigenvalue weighted by Gasteiger charge is -2.18. The molecule has 0 aromatic rings. The average molecular weight is 605 g/mol. The average Bonchev–Trinajstić information content (AvgIpc) is 2.93. The highest BCUT2D eigenvalue weighted by Crippen LogP contribution is 2.05. The quantitative estimate of drug-likeness (QED) is 0.123. The van der Waals surface area contributed by atoms with Crippen molar-refractivity contribution in [3.63, 3.8) is 0 Å². The van der Waals surface area contributed by atoms with E-state index in [1.54, 1.807) is 0 Å². The van der Waals surface area contributed by atoms with Crippen LogP contribution in [0, 0.1) is 0 Å². The van der Waals surface area contributed by atoms with E-state index >= 15 is 0 Å². The van der Waals surface area contributed by atoms with Crippen molar-refractivity contribution in [2.75, 3.05) is 26.4 Å². The molecular weight excluding hydrogens is 552 g/mol. The van der Waals surface area contributed by atoms with Crippen LogP contribution in [0.25, 0.3) is 0 Å². The molecule has 0 unspecified atom stereocenters. The highest BCUT2D eigenvalue weighted by Gasteiger charge is 2.20. The molecule has 12 nitrogen and oxygen atoms in total. The van der Waals surface area contributed by atoms with Crippen LogP contribution >= 0.6 is 0 Å². The van der Waals surface area contributed by atoms with Gasteiger partial charge in [0, 0.05) is 38.5 Å². The molecule has 0 fully saturated rings. The number of hydrogen-bond donors (Lipinski definition) is 0. The van der Waals surface area contributed by atoms with Crippen LogP contribution in [0.15, 0.2) is 0 Å². The summed E-state index contributed by atoms with van der Waals surface area (Å²) in [6, 6.07) is 0. The predicted octanol–water partition coefficient (Wildman–Crippen LogP) is 4.77. The van der Waals surface area contributed by atoms with Crippen molar-refractivity contribution in [2.45, 2.75) is 131 Å². The number of rotatable bonds is 22. The third-order valence-corrected chi connectivity index (χ3v) is 5.04. The first-order valence-corrected chi connectivity index (χ1v) is 15.1. The molecule has 42 heavy (non-hydrogen) atoms. The molecule has 244 valence electrons.